The lowest BCUT2D eigenvalue weighted by Crippen LogP contribution is -2.10. The Kier molecular flexibility index (Phi) is 9.58. The minimum Gasteiger partial charge on any atom is -0.310 e. The molecule has 0 N–H and O–H groups in total. The minimum atomic E-state index is 1.09. The summed E-state index contributed by atoms with van der Waals surface area (Å²) in [5.41, 5.74) is 15.2. The fourth-order valence-electron chi connectivity index (χ4n) is 9.85. The van der Waals surface area contributed by atoms with Crippen LogP contribution in [0.4, 0.5) is 17.1 Å². The Balaban J connectivity index is 1.00. The highest BCUT2D eigenvalue weighted by atomic mass is 15.1. The van der Waals surface area contributed by atoms with Gasteiger partial charge in [-0.15, -0.1) is 0 Å². The van der Waals surface area contributed by atoms with Crippen molar-refractivity contribution in [2.24, 2.45) is 0 Å². The lowest BCUT2D eigenvalue weighted by molar-refractivity contribution is 1.30. The number of hydrogen-bond acceptors (Lipinski definition) is 1. The van der Waals surface area contributed by atoms with Gasteiger partial charge in [-0.1, -0.05) is 218 Å². The van der Waals surface area contributed by atoms with Gasteiger partial charge in [-0.25, -0.2) is 0 Å². The maximum Gasteiger partial charge on any atom is 0.0540 e. The largest absolute Gasteiger partial charge is 0.310 e. The molecule has 0 unspecified atom stereocenters. The van der Waals surface area contributed by atoms with Gasteiger partial charge in [0.1, 0.15) is 0 Å². The van der Waals surface area contributed by atoms with Gasteiger partial charge in [0.15, 0.2) is 0 Å². The van der Waals surface area contributed by atoms with Crippen LogP contribution in [0.1, 0.15) is 0 Å². The van der Waals surface area contributed by atoms with Crippen molar-refractivity contribution in [1.82, 2.24) is 0 Å². The molecule has 0 saturated carbocycles. The van der Waals surface area contributed by atoms with E-state index in [4.69, 9.17) is 0 Å². The third-order valence-corrected chi connectivity index (χ3v) is 13.1. The quantitative estimate of drug-likeness (QED) is 0.138. The lowest BCUT2D eigenvalue weighted by atomic mass is 9.90. The van der Waals surface area contributed by atoms with Crippen LogP contribution in [0.25, 0.3) is 98.7 Å². The van der Waals surface area contributed by atoms with E-state index in [2.05, 4.69) is 266 Å². The van der Waals surface area contributed by atoms with Crippen LogP contribution in [0.15, 0.2) is 261 Å². The number of benzene rings is 12. The van der Waals surface area contributed by atoms with Crippen molar-refractivity contribution in [3.8, 4) is 55.6 Å². The van der Waals surface area contributed by atoms with Crippen molar-refractivity contribution >= 4 is 60.2 Å². The van der Waals surface area contributed by atoms with Gasteiger partial charge in [0.05, 0.1) is 5.69 Å². The molecule has 0 aliphatic carbocycles. The van der Waals surface area contributed by atoms with Gasteiger partial charge in [-0.2, -0.15) is 0 Å². The molecule has 0 aromatic heterocycles. The maximum absolute atomic E-state index is 2.42. The summed E-state index contributed by atoms with van der Waals surface area (Å²) in [5.74, 6) is 0. The Labute approximate surface area is 379 Å². The molecule has 0 atom stereocenters. The van der Waals surface area contributed by atoms with Crippen molar-refractivity contribution < 1.29 is 0 Å². The van der Waals surface area contributed by atoms with Crippen LogP contribution in [0, 0.1) is 0 Å². The van der Waals surface area contributed by atoms with E-state index in [-0.39, 0.29) is 0 Å². The number of anilines is 3. The molecule has 65 heavy (non-hydrogen) atoms. The first-order valence-electron chi connectivity index (χ1n) is 22.4. The van der Waals surface area contributed by atoms with Crippen molar-refractivity contribution in [3.63, 3.8) is 0 Å². The van der Waals surface area contributed by atoms with E-state index in [0.717, 1.165) is 22.6 Å². The number of fused-ring (bicyclic) bond motifs is 6. The Morgan fingerprint density at radius 3 is 1.43 bits per heavy atom. The van der Waals surface area contributed by atoms with Gasteiger partial charge in [-0.05, 0) is 136 Å². The molecule has 0 aliphatic heterocycles. The van der Waals surface area contributed by atoms with Gasteiger partial charge < -0.3 is 4.90 Å². The van der Waals surface area contributed by atoms with Gasteiger partial charge >= 0.3 is 0 Å². The van der Waals surface area contributed by atoms with Crippen LogP contribution in [-0.2, 0) is 0 Å². The SMILES string of the molecule is c1ccc(-c2cccc(N(c3ccc(-c4cc(-c5ccc6ccc7c8ccccc8ccc7c6c5)ccc4-c4ccccc4)cc3)c3ccc(-c4ccccc4)c4ccccc34)c2)cc1. The molecule has 0 radical (unpaired) electrons. The summed E-state index contributed by atoms with van der Waals surface area (Å²) in [6, 6.07) is 95.3. The first-order chi connectivity index (χ1) is 32.2. The molecule has 0 bridgehead atoms. The first kappa shape index (κ1) is 38.2. The van der Waals surface area contributed by atoms with E-state index in [9.17, 15) is 0 Å². The molecule has 0 spiro atoms. The lowest BCUT2D eigenvalue weighted by Gasteiger charge is -2.28. The summed E-state index contributed by atoms with van der Waals surface area (Å²) in [4.78, 5) is 2.42. The molecule has 1 nitrogen and oxygen atoms in total. The standard InChI is InChI=1S/C64H43N/c1-4-15-44(16-5-1)50-22-14-23-54(41-50)65(64-40-39-56(45-17-6-2-7-18-45)58-25-12-13-26-61(58)64)53-34-29-49(30-35-53)62-42-52(33-36-57(62)46-19-8-3-9-20-46)51-28-27-48-32-37-59-55-24-11-10-21-47(55)31-38-60(59)63(48)43-51/h1-43H. The number of nitrogens with zero attached hydrogens (tertiary/aromatic N) is 1. The molecule has 12 aromatic carbocycles. The summed E-state index contributed by atoms with van der Waals surface area (Å²) in [6.45, 7) is 0. The summed E-state index contributed by atoms with van der Waals surface area (Å²) in [5, 5.41) is 10.0. The highest BCUT2D eigenvalue weighted by molar-refractivity contribution is 6.18. The van der Waals surface area contributed by atoms with Crippen molar-refractivity contribution in [3.05, 3.63) is 261 Å². The maximum atomic E-state index is 2.42. The summed E-state index contributed by atoms with van der Waals surface area (Å²) in [7, 11) is 0. The van der Waals surface area contributed by atoms with E-state index in [1.165, 1.54) is 93.2 Å². The predicted molar refractivity (Wildman–Crippen MR) is 278 cm³/mol. The Morgan fingerprint density at radius 1 is 0.200 bits per heavy atom. The molecule has 12 aromatic rings. The highest BCUT2D eigenvalue weighted by Gasteiger charge is 2.19. The van der Waals surface area contributed by atoms with Gasteiger partial charge in [0.25, 0.3) is 0 Å². The number of rotatable bonds is 8. The molecule has 0 amide bonds. The topological polar surface area (TPSA) is 3.24 Å². The second kappa shape index (κ2) is 16.3. The van der Waals surface area contributed by atoms with Crippen LogP contribution in [0.2, 0.25) is 0 Å². The molecule has 0 saturated heterocycles. The number of hydrogen-bond donors (Lipinski definition) is 0. The van der Waals surface area contributed by atoms with Crippen molar-refractivity contribution in [1.29, 1.82) is 0 Å². The molecule has 304 valence electrons. The Morgan fingerprint density at radius 2 is 0.692 bits per heavy atom. The summed E-state index contributed by atoms with van der Waals surface area (Å²) >= 11 is 0. The monoisotopic (exact) mass is 825 g/mol. The second-order valence-corrected chi connectivity index (χ2v) is 16.9. The third-order valence-electron chi connectivity index (χ3n) is 13.1. The van der Waals surface area contributed by atoms with Gasteiger partial charge in [-0.3, -0.25) is 0 Å². The van der Waals surface area contributed by atoms with Gasteiger partial charge in [0, 0.05) is 16.8 Å². The van der Waals surface area contributed by atoms with E-state index >= 15 is 0 Å². The molecule has 12 rings (SSSR count). The fraction of sp³-hybridized carbons (Fsp3) is 0. The van der Waals surface area contributed by atoms with Crippen LogP contribution in [0.3, 0.4) is 0 Å². The molecule has 1 heteroatoms. The minimum absolute atomic E-state index is 1.09. The zero-order chi connectivity index (χ0) is 43.1. The van der Waals surface area contributed by atoms with Crippen molar-refractivity contribution in [2.75, 3.05) is 4.90 Å². The summed E-state index contributed by atoms with van der Waals surface area (Å²) < 4.78 is 0. The molecule has 0 heterocycles. The molecular formula is C64H43N. The zero-order valence-corrected chi connectivity index (χ0v) is 35.8. The predicted octanol–water partition coefficient (Wildman–Crippen LogP) is 18.1. The normalized spacial score (nSPS) is 11.4. The average Bonchev–Trinajstić information content (AvgIpc) is 3.39. The van der Waals surface area contributed by atoms with E-state index < -0.39 is 0 Å². The Bertz CT molecular complexity index is 3690. The fourth-order valence-corrected chi connectivity index (χ4v) is 9.85. The second-order valence-electron chi connectivity index (χ2n) is 16.9. The Hall–Kier alpha value is -8.52. The first-order valence-corrected chi connectivity index (χ1v) is 22.4. The average molecular weight is 826 g/mol. The summed E-state index contributed by atoms with van der Waals surface area (Å²) in [6.07, 6.45) is 0. The van der Waals surface area contributed by atoms with Crippen LogP contribution in [0.5, 0.6) is 0 Å². The zero-order valence-electron chi connectivity index (χ0n) is 35.8. The van der Waals surface area contributed by atoms with Crippen LogP contribution >= 0.6 is 0 Å². The van der Waals surface area contributed by atoms with Gasteiger partial charge in [0.2, 0.25) is 0 Å². The van der Waals surface area contributed by atoms with E-state index in [1.807, 2.05) is 0 Å². The third kappa shape index (κ3) is 7.01. The molecule has 0 fully saturated rings. The molecule has 0 aliphatic rings. The van der Waals surface area contributed by atoms with Crippen LogP contribution < -0.4 is 4.90 Å². The molecular weight excluding hydrogens is 783 g/mol. The smallest absolute Gasteiger partial charge is 0.0540 e. The van der Waals surface area contributed by atoms with Crippen LogP contribution in [-0.4, -0.2) is 0 Å². The highest BCUT2D eigenvalue weighted by Crippen LogP contribution is 2.44. The van der Waals surface area contributed by atoms with E-state index in [0.29, 0.717) is 0 Å². The van der Waals surface area contributed by atoms with E-state index in [1.54, 1.807) is 0 Å². The van der Waals surface area contributed by atoms with Crippen molar-refractivity contribution in [2.45, 2.75) is 0 Å².